The lowest BCUT2D eigenvalue weighted by Gasteiger charge is -2.10. The van der Waals surface area contributed by atoms with Crippen LogP contribution in [0.2, 0.25) is 0 Å². The zero-order valence-corrected chi connectivity index (χ0v) is 16.3. The molecule has 0 unspecified atom stereocenters. The highest BCUT2D eigenvalue weighted by molar-refractivity contribution is 7.80. The number of aryl methyl sites for hydroxylation is 2. The average molecular weight is 390 g/mol. The summed E-state index contributed by atoms with van der Waals surface area (Å²) in [6, 6.07) is 11.8. The maximum Gasteiger partial charge on any atom is 0.193 e. The minimum absolute atomic E-state index is 0.113. The van der Waals surface area contributed by atoms with Gasteiger partial charge in [-0.1, -0.05) is 6.92 Å². The van der Waals surface area contributed by atoms with E-state index in [9.17, 15) is 5.11 Å². The highest BCUT2D eigenvalue weighted by Crippen LogP contribution is 2.35. The van der Waals surface area contributed by atoms with Crippen molar-refractivity contribution in [2.24, 2.45) is 7.05 Å². The summed E-state index contributed by atoms with van der Waals surface area (Å²) in [4.78, 5) is 0. The lowest BCUT2D eigenvalue weighted by molar-refractivity contribution is 0.477. The maximum absolute atomic E-state index is 10.6. The third-order valence-electron chi connectivity index (χ3n) is 5.11. The standard InChI is InChI=1S/C20H18N6OS/c1-3-15-13-9-14(18(27)10-16(13)22-21-15)19-23-24-20(28)26(19)12-4-5-17-11(8-12)6-7-25(17)2/h4-10,27H,3H2,1-2H3,(H,21,22)(H,24,28). The number of H-pyrrole nitrogens is 1. The Morgan fingerprint density at radius 2 is 2.00 bits per heavy atom. The summed E-state index contributed by atoms with van der Waals surface area (Å²) in [5, 5.41) is 28.9. The van der Waals surface area contributed by atoms with Gasteiger partial charge in [-0.2, -0.15) is 5.10 Å². The molecule has 0 saturated carbocycles. The Labute approximate surface area is 166 Å². The van der Waals surface area contributed by atoms with Gasteiger partial charge < -0.3 is 9.67 Å². The molecule has 2 aromatic carbocycles. The number of fused-ring (bicyclic) bond motifs is 2. The summed E-state index contributed by atoms with van der Waals surface area (Å²) in [5.74, 6) is 0.643. The van der Waals surface area contributed by atoms with Gasteiger partial charge in [0, 0.05) is 35.6 Å². The van der Waals surface area contributed by atoms with Crippen molar-refractivity contribution in [3.8, 4) is 22.8 Å². The number of hydrogen-bond donors (Lipinski definition) is 3. The number of aromatic nitrogens is 6. The predicted molar refractivity (Wildman–Crippen MR) is 111 cm³/mol. The molecule has 0 spiro atoms. The summed E-state index contributed by atoms with van der Waals surface area (Å²) in [6.45, 7) is 2.05. The van der Waals surface area contributed by atoms with Crippen molar-refractivity contribution >= 4 is 34.4 Å². The fourth-order valence-electron chi connectivity index (χ4n) is 3.65. The monoisotopic (exact) mass is 390 g/mol. The van der Waals surface area contributed by atoms with Crippen molar-refractivity contribution in [3.63, 3.8) is 0 Å². The quantitative estimate of drug-likeness (QED) is 0.409. The van der Waals surface area contributed by atoms with Gasteiger partial charge in [-0.3, -0.25) is 9.67 Å². The Balaban J connectivity index is 1.74. The molecule has 0 aliphatic rings. The highest BCUT2D eigenvalue weighted by atomic mass is 32.1. The second-order valence-corrected chi connectivity index (χ2v) is 7.17. The molecule has 5 aromatic rings. The van der Waals surface area contributed by atoms with Crippen molar-refractivity contribution in [2.75, 3.05) is 0 Å². The fraction of sp³-hybridized carbons (Fsp3) is 0.150. The molecule has 0 aliphatic carbocycles. The number of nitrogens with zero attached hydrogens (tertiary/aromatic N) is 5. The molecule has 8 heteroatoms. The molecule has 0 fully saturated rings. The van der Waals surface area contributed by atoms with Gasteiger partial charge >= 0.3 is 0 Å². The molecule has 28 heavy (non-hydrogen) atoms. The highest BCUT2D eigenvalue weighted by Gasteiger charge is 2.19. The van der Waals surface area contributed by atoms with Crippen LogP contribution < -0.4 is 0 Å². The molecular formula is C20H18N6OS. The van der Waals surface area contributed by atoms with Crippen molar-refractivity contribution in [1.82, 2.24) is 29.5 Å². The average Bonchev–Trinajstić information content (AvgIpc) is 3.37. The Hall–Kier alpha value is -3.26. The zero-order chi connectivity index (χ0) is 19.4. The van der Waals surface area contributed by atoms with E-state index in [-0.39, 0.29) is 5.75 Å². The Morgan fingerprint density at radius 3 is 2.82 bits per heavy atom. The van der Waals surface area contributed by atoms with Crippen LogP contribution >= 0.6 is 12.6 Å². The van der Waals surface area contributed by atoms with Crippen molar-refractivity contribution in [2.45, 2.75) is 18.5 Å². The zero-order valence-electron chi connectivity index (χ0n) is 15.4. The van der Waals surface area contributed by atoms with E-state index in [4.69, 9.17) is 0 Å². The summed E-state index contributed by atoms with van der Waals surface area (Å²) in [6.07, 6.45) is 2.81. The van der Waals surface area contributed by atoms with Gasteiger partial charge in [-0.25, -0.2) is 0 Å². The third kappa shape index (κ3) is 2.41. The molecule has 140 valence electrons. The van der Waals surface area contributed by atoms with Crippen molar-refractivity contribution < 1.29 is 5.11 Å². The molecule has 0 aliphatic heterocycles. The van der Waals surface area contributed by atoms with Gasteiger partial charge in [0.05, 0.1) is 22.5 Å². The van der Waals surface area contributed by atoms with Gasteiger partial charge in [0.15, 0.2) is 11.0 Å². The number of hydrogen-bond acceptors (Lipinski definition) is 5. The first kappa shape index (κ1) is 16.9. The minimum atomic E-state index is 0.113. The molecule has 0 radical (unpaired) electrons. The first-order valence-electron chi connectivity index (χ1n) is 8.97. The maximum atomic E-state index is 10.6. The van der Waals surface area contributed by atoms with Crippen LogP contribution in [0.5, 0.6) is 5.75 Å². The van der Waals surface area contributed by atoms with Crippen LogP contribution in [0.3, 0.4) is 0 Å². The van der Waals surface area contributed by atoms with Gasteiger partial charge in [-0.05, 0) is 36.8 Å². The number of rotatable bonds is 3. The van der Waals surface area contributed by atoms with E-state index in [1.165, 1.54) is 0 Å². The lowest BCUT2D eigenvalue weighted by atomic mass is 10.1. The van der Waals surface area contributed by atoms with E-state index in [1.54, 1.807) is 6.07 Å². The van der Waals surface area contributed by atoms with E-state index in [0.717, 1.165) is 39.6 Å². The molecule has 3 heterocycles. The molecule has 2 N–H and O–H groups in total. The molecule has 3 aromatic heterocycles. The summed E-state index contributed by atoms with van der Waals surface area (Å²) >= 11 is 4.50. The van der Waals surface area contributed by atoms with Crippen LogP contribution in [0.1, 0.15) is 12.6 Å². The molecule has 0 bridgehead atoms. The minimum Gasteiger partial charge on any atom is -0.507 e. The number of benzene rings is 2. The van der Waals surface area contributed by atoms with Gasteiger partial charge in [0.2, 0.25) is 0 Å². The van der Waals surface area contributed by atoms with E-state index < -0.39 is 0 Å². The van der Waals surface area contributed by atoms with E-state index >= 15 is 0 Å². The number of thiol groups is 1. The first-order valence-corrected chi connectivity index (χ1v) is 9.41. The Bertz CT molecular complexity index is 1350. The topological polar surface area (TPSA) is 84.6 Å². The van der Waals surface area contributed by atoms with Crippen LogP contribution in [-0.4, -0.2) is 34.6 Å². The van der Waals surface area contributed by atoms with E-state index in [1.807, 2.05) is 36.9 Å². The van der Waals surface area contributed by atoms with Gasteiger partial charge in [0.1, 0.15) is 5.75 Å². The predicted octanol–water partition coefficient (Wildman–Crippen LogP) is 3.86. The number of aromatic amines is 1. The van der Waals surface area contributed by atoms with Crippen molar-refractivity contribution in [3.05, 3.63) is 48.3 Å². The van der Waals surface area contributed by atoms with Crippen LogP contribution in [0.25, 0.3) is 38.9 Å². The first-order chi connectivity index (χ1) is 13.6. The molecular weight excluding hydrogens is 372 g/mol. The number of aromatic hydroxyl groups is 1. The lowest BCUT2D eigenvalue weighted by Crippen LogP contribution is -1.99. The van der Waals surface area contributed by atoms with E-state index in [2.05, 4.69) is 55.8 Å². The van der Waals surface area contributed by atoms with Crippen LogP contribution in [0.15, 0.2) is 47.8 Å². The third-order valence-corrected chi connectivity index (χ3v) is 5.40. The van der Waals surface area contributed by atoms with E-state index in [0.29, 0.717) is 16.5 Å². The Kier molecular flexibility index (Phi) is 3.70. The number of phenols is 1. The Morgan fingerprint density at radius 1 is 1.14 bits per heavy atom. The van der Waals surface area contributed by atoms with Crippen LogP contribution in [0, 0.1) is 0 Å². The SMILES string of the molecule is CCc1n[nH]c2cc(O)c(-c3nnc(S)n3-c3ccc4c(ccn4C)c3)cc12. The van der Waals surface area contributed by atoms with Gasteiger partial charge in [0.25, 0.3) is 0 Å². The summed E-state index contributed by atoms with van der Waals surface area (Å²) < 4.78 is 3.90. The normalized spacial score (nSPS) is 11.7. The number of nitrogens with one attached hydrogen (secondary N) is 1. The fourth-order valence-corrected chi connectivity index (χ4v) is 3.91. The molecule has 0 amide bonds. The van der Waals surface area contributed by atoms with Gasteiger partial charge in [-0.15, -0.1) is 22.8 Å². The largest absolute Gasteiger partial charge is 0.507 e. The molecule has 7 nitrogen and oxygen atoms in total. The second kappa shape index (κ2) is 6.13. The summed E-state index contributed by atoms with van der Waals surface area (Å²) in [5.41, 5.74) is 4.34. The molecule has 5 rings (SSSR count). The summed E-state index contributed by atoms with van der Waals surface area (Å²) in [7, 11) is 2.01. The molecule has 0 saturated heterocycles. The van der Waals surface area contributed by atoms with Crippen LogP contribution in [0.4, 0.5) is 0 Å². The van der Waals surface area contributed by atoms with Crippen molar-refractivity contribution in [1.29, 1.82) is 0 Å². The van der Waals surface area contributed by atoms with Crippen LogP contribution in [-0.2, 0) is 13.5 Å². The smallest absolute Gasteiger partial charge is 0.193 e. The molecule has 0 atom stereocenters. The number of phenolic OH excluding ortho intramolecular Hbond substituents is 1. The second-order valence-electron chi connectivity index (χ2n) is 6.77.